The van der Waals surface area contributed by atoms with Crippen molar-refractivity contribution < 1.29 is 14.3 Å². The molecule has 0 saturated carbocycles. The summed E-state index contributed by atoms with van der Waals surface area (Å²) in [5.41, 5.74) is 3.97. The van der Waals surface area contributed by atoms with Gasteiger partial charge in [0.1, 0.15) is 12.2 Å². The van der Waals surface area contributed by atoms with Crippen LogP contribution in [0, 0.1) is 0 Å². The maximum Gasteiger partial charge on any atom is 0.295 e. The van der Waals surface area contributed by atoms with E-state index in [0.29, 0.717) is 25.7 Å². The molecule has 5 rings (SSSR count). The number of aromatic nitrogens is 1. The Labute approximate surface area is 157 Å². The second kappa shape index (κ2) is 6.46. The van der Waals surface area contributed by atoms with Gasteiger partial charge < -0.3 is 14.4 Å². The number of benzene rings is 1. The van der Waals surface area contributed by atoms with Gasteiger partial charge in [0.25, 0.3) is 11.9 Å². The van der Waals surface area contributed by atoms with E-state index in [1.807, 2.05) is 36.5 Å². The molecule has 4 heterocycles. The molecule has 0 bridgehead atoms. The van der Waals surface area contributed by atoms with Crippen molar-refractivity contribution in [3.8, 4) is 0 Å². The first kappa shape index (κ1) is 16.4. The van der Waals surface area contributed by atoms with Crippen LogP contribution < -0.4 is 0 Å². The molecule has 0 N–H and O–H groups in total. The van der Waals surface area contributed by atoms with Gasteiger partial charge in [-0.1, -0.05) is 30.3 Å². The Balaban J connectivity index is 1.33. The van der Waals surface area contributed by atoms with Crippen molar-refractivity contribution in [3.05, 3.63) is 65.0 Å². The van der Waals surface area contributed by atoms with Crippen LogP contribution in [-0.2, 0) is 39.5 Å². The predicted octanol–water partition coefficient (Wildman–Crippen LogP) is 2.56. The maximum absolute atomic E-state index is 12.3. The number of pyridine rings is 1. The SMILES string of the molecule is O=C1Cc2ccccc2COC(N2CCC3(CC2)OCc2cccnc23)=N1. The summed E-state index contributed by atoms with van der Waals surface area (Å²) >= 11 is 0. The molecule has 1 amide bonds. The Kier molecular flexibility index (Phi) is 3.93. The summed E-state index contributed by atoms with van der Waals surface area (Å²) in [7, 11) is 0. The number of likely N-dealkylation sites (tertiary alicyclic amines) is 1. The number of hydrogen-bond acceptors (Lipinski definition) is 5. The first-order chi connectivity index (χ1) is 13.2. The first-order valence-corrected chi connectivity index (χ1v) is 9.38. The fourth-order valence-electron chi connectivity index (χ4n) is 4.21. The van der Waals surface area contributed by atoms with Gasteiger partial charge in [-0.05, 0) is 30.0 Å². The van der Waals surface area contributed by atoms with Gasteiger partial charge in [0, 0.05) is 24.8 Å². The van der Waals surface area contributed by atoms with Gasteiger partial charge in [-0.3, -0.25) is 9.78 Å². The molecule has 0 aliphatic carbocycles. The second-order valence-electron chi connectivity index (χ2n) is 7.30. The summed E-state index contributed by atoms with van der Waals surface area (Å²) in [6, 6.07) is 12.4. The molecule has 3 aliphatic heterocycles. The number of rotatable bonds is 0. The molecular formula is C21H21N3O3. The highest BCUT2D eigenvalue weighted by molar-refractivity contribution is 5.92. The summed E-state index contributed by atoms with van der Waals surface area (Å²) < 4.78 is 12.1. The number of nitrogens with zero attached hydrogens (tertiary/aromatic N) is 3. The highest BCUT2D eigenvalue weighted by Gasteiger charge is 2.44. The van der Waals surface area contributed by atoms with Crippen molar-refractivity contribution in [2.75, 3.05) is 13.1 Å². The molecule has 0 atom stereocenters. The number of hydrogen-bond donors (Lipinski definition) is 0. The standard InChI is InChI=1S/C21H21N3O3/c25-18-12-15-4-1-2-5-16(15)13-26-20(23-18)24-10-7-21(8-11-24)19-17(14-27-21)6-3-9-22-19/h1-6,9H,7-8,10-14H2. The fourth-order valence-corrected chi connectivity index (χ4v) is 4.21. The minimum atomic E-state index is -0.314. The van der Waals surface area contributed by atoms with Crippen molar-refractivity contribution >= 4 is 11.9 Å². The number of carbonyl (C=O) groups excluding carboxylic acids is 1. The van der Waals surface area contributed by atoms with Crippen molar-refractivity contribution in [2.24, 2.45) is 4.99 Å². The molecule has 27 heavy (non-hydrogen) atoms. The van der Waals surface area contributed by atoms with E-state index >= 15 is 0 Å². The van der Waals surface area contributed by atoms with E-state index in [4.69, 9.17) is 9.47 Å². The number of ether oxygens (including phenoxy) is 2. The Morgan fingerprint density at radius 2 is 1.74 bits per heavy atom. The van der Waals surface area contributed by atoms with Crippen molar-refractivity contribution in [1.82, 2.24) is 9.88 Å². The third-order valence-corrected chi connectivity index (χ3v) is 5.71. The monoisotopic (exact) mass is 363 g/mol. The molecule has 2 aromatic rings. The summed E-state index contributed by atoms with van der Waals surface area (Å²) in [6.07, 6.45) is 3.77. The lowest BCUT2D eigenvalue weighted by atomic mass is 9.87. The van der Waals surface area contributed by atoms with Gasteiger partial charge in [-0.15, -0.1) is 0 Å². The smallest absolute Gasteiger partial charge is 0.295 e. The predicted molar refractivity (Wildman–Crippen MR) is 98.9 cm³/mol. The zero-order chi connectivity index (χ0) is 18.3. The topological polar surface area (TPSA) is 64.0 Å². The maximum atomic E-state index is 12.3. The van der Waals surface area contributed by atoms with Gasteiger partial charge in [0.05, 0.1) is 18.7 Å². The lowest BCUT2D eigenvalue weighted by Crippen LogP contribution is -2.46. The number of fused-ring (bicyclic) bond motifs is 3. The van der Waals surface area contributed by atoms with E-state index < -0.39 is 0 Å². The first-order valence-electron chi connectivity index (χ1n) is 9.38. The zero-order valence-electron chi connectivity index (χ0n) is 15.1. The molecule has 1 saturated heterocycles. The minimum Gasteiger partial charge on any atom is -0.460 e. The van der Waals surface area contributed by atoms with Gasteiger partial charge in [0.15, 0.2) is 0 Å². The average Bonchev–Trinajstić information content (AvgIpc) is 3.04. The molecule has 1 aromatic carbocycles. The molecule has 138 valence electrons. The third-order valence-electron chi connectivity index (χ3n) is 5.71. The summed E-state index contributed by atoms with van der Waals surface area (Å²) in [5, 5.41) is 0. The Hall–Kier alpha value is -2.73. The van der Waals surface area contributed by atoms with E-state index in [2.05, 4.69) is 20.9 Å². The average molecular weight is 363 g/mol. The highest BCUT2D eigenvalue weighted by atomic mass is 16.5. The van der Waals surface area contributed by atoms with Gasteiger partial charge in [-0.25, -0.2) is 0 Å². The van der Waals surface area contributed by atoms with E-state index in [1.54, 1.807) is 0 Å². The molecule has 1 fully saturated rings. The van der Waals surface area contributed by atoms with Crippen LogP contribution in [0.2, 0.25) is 0 Å². The fraction of sp³-hybridized carbons (Fsp3) is 0.381. The Morgan fingerprint density at radius 3 is 2.59 bits per heavy atom. The molecule has 6 heteroatoms. The molecule has 1 aromatic heterocycles. The van der Waals surface area contributed by atoms with E-state index in [0.717, 1.165) is 42.8 Å². The van der Waals surface area contributed by atoms with Crippen LogP contribution in [0.3, 0.4) is 0 Å². The van der Waals surface area contributed by atoms with Crippen molar-refractivity contribution in [1.29, 1.82) is 0 Å². The molecule has 6 nitrogen and oxygen atoms in total. The molecular weight excluding hydrogens is 342 g/mol. The lowest BCUT2D eigenvalue weighted by Gasteiger charge is -2.39. The van der Waals surface area contributed by atoms with E-state index in [1.165, 1.54) is 5.56 Å². The second-order valence-corrected chi connectivity index (χ2v) is 7.30. The lowest BCUT2D eigenvalue weighted by molar-refractivity contribution is -0.117. The molecule has 0 unspecified atom stereocenters. The van der Waals surface area contributed by atoms with Gasteiger partial charge >= 0.3 is 0 Å². The van der Waals surface area contributed by atoms with Gasteiger partial charge in [-0.2, -0.15) is 4.99 Å². The van der Waals surface area contributed by atoms with Crippen LogP contribution in [0.15, 0.2) is 47.6 Å². The van der Waals surface area contributed by atoms with Crippen LogP contribution in [0.4, 0.5) is 0 Å². The minimum absolute atomic E-state index is 0.165. The number of piperidine rings is 1. The number of aliphatic imine (C=N–C) groups is 1. The Bertz CT molecular complexity index is 916. The summed E-state index contributed by atoms with van der Waals surface area (Å²) in [4.78, 5) is 23.2. The van der Waals surface area contributed by atoms with Crippen LogP contribution in [0.5, 0.6) is 0 Å². The number of amidine groups is 1. The normalized spacial score (nSPS) is 21.0. The summed E-state index contributed by atoms with van der Waals surface area (Å²) in [6.45, 7) is 2.51. The Morgan fingerprint density at radius 1 is 0.963 bits per heavy atom. The molecule has 1 spiro atoms. The van der Waals surface area contributed by atoms with Crippen LogP contribution in [-0.4, -0.2) is 34.9 Å². The van der Waals surface area contributed by atoms with Gasteiger partial charge in [0.2, 0.25) is 0 Å². The molecule has 3 aliphatic rings. The highest BCUT2D eigenvalue weighted by Crippen LogP contribution is 2.42. The van der Waals surface area contributed by atoms with Crippen molar-refractivity contribution in [3.63, 3.8) is 0 Å². The third kappa shape index (κ3) is 2.90. The van der Waals surface area contributed by atoms with Crippen LogP contribution >= 0.6 is 0 Å². The van der Waals surface area contributed by atoms with Crippen LogP contribution in [0.25, 0.3) is 0 Å². The molecule has 0 radical (unpaired) electrons. The van der Waals surface area contributed by atoms with E-state index in [9.17, 15) is 4.79 Å². The summed E-state index contributed by atoms with van der Waals surface area (Å²) in [5.74, 6) is -0.165. The number of carbonyl (C=O) groups is 1. The quantitative estimate of drug-likeness (QED) is 0.720. The van der Waals surface area contributed by atoms with Crippen LogP contribution in [0.1, 0.15) is 35.2 Å². The zero-order valence-corrected chi connectivity index (χ0v) is 15.1. The number of amides is 1. The van der Waals surface area contributed by atoms with E-state index in [-0.39, 0.29) is 11.5 Å². The van der Waals surface area contributed by atoms with Crippen molar-refractivity contribution in [2.45, 2.75) is 38.1 Å². The largest absolute Gasteiger partial charge is 0.460 e.